The number of allylic oxidation sites excluding steroid dienone is 2. The van der Waals surface area contributed by atoms with Crippen molar-refractivity contribution >= 4 is 11.9 Å². The van der Waals surface area contributed by atoms with E-state index in [1.165, 1.54) is 19.3 Å². The van der Waals surface area contributed by atoms with Gasteiger partial charge < -0.3 is 15.2 Å². The van der Waals surface area contributed by atoms with Crippen LogP contribution in [0.1, 0.15) is 45.4 Å². The van der Waals surface area contributed by atoms with Crippen LogP contribution in [0.3, 0.4) is 0 Å². The Morgan fingerprint density at radius 1 is 1.16 bits per heavy atom. The van der Waals surface area contributed by atoms with Crippen LogP contribution in [0, 0.1) is 0 Å². The van der Waals surface area contributed by atoms with E-state index in [0.29, 0.717) is 6.54 Å². The normalized spacial score (nSPS) is 11.9. The summed E-state index contributed by atoms with van der Waals surface area (Å²) in [5.74, 6) is -1.61. The SMILES string of the molecule is CCCCC/C=C/CCCN=C([O-])/C=C/C(=O)O.[K+]. The third-order valence-corrected chi connectivity index (χ3v) is 2.31. The Balaban J connectivity index is 0. The molecule has 102 valence electrons. The van der Waals surface area contributed by atoms with Gasteiger partial charge in [0, 0.05) is 12.6 Å². The van der Waals surface area contributed by atoms with Crippen molar-refractivity contribution in [3.63, 3.8) is 0 Å². The number of aliphatic carboxylic acids is 1. The first-order valence-electron chi connectivity index (χ1n) is 6.44. The van der Waals surface area contributed by atoms with Gasteiger partial charge in [0.25, 0.3) is 0 Å². The minimum Gasteiger partial charge on any atom is -0.859 e. The molecule has 0 aliphatic carbocycles. The molecule has 0 bridgehead atoms. The molecule has 0 amide bonds. The maximum atomic E-state index is 11.0. The van der Waals surface area contributed by atoms with E-state index in [2.05, 4.69) is 24.1 Å². The van der Waals surface area contributed by atoms with Crippen LogP contribution in [0.15, 0.2) is 29.3 Å². The van der Waals surface area contributed by atoms with E-state index in [4.69, 9.17) is 5.11 Å². The van der Waals surface area contributed by atoms with Crippen LogP contribution in [-0.2, 0) is 4.79 Å². The number of carboxylic acids is 1. The molecule has 4 nitrogen and oxygen atoms in total. The second-order valence-corrected chi connectivity index (χ2v) is 4.00. The minimum atomic E-state index is -1.13. The summed E-state index contributed by atoms with van der Waals surface area (Å²) in [6, 6.07) is 0. The van der Waals surface area contributed by atoms with Crippen LogP contribution in [0.5, 0.6) is 0 Å². The topological polar surface area (TPSA) is 72.7 Å². The quantitative estimate of drug-likeness (QED) is 0.145. The number of nitrogens with zero attached hydrogens (tertiary/aromatic N) is 1. The van der Waals surface area contributed by atoms with Crippen molar-refractivity contribution in [2.75, 3.05) is 6.54 Å². The second kappa shape index (κ2) is 16.1. The van der Waals surface area contributed by atoms with Crippen LogP contribution in [0.2, 0.25) is 0 Å². The van der Waals surface area contributed by atoms with Gasteiger partial charge in [-0.1, -0.05) is 31.9 Å². The number of carbonyl (C=O) groups is 1. The van der Waals surface area contributed by atoms with Gasteiger partial charge in [-0.3, -0.25) is 0 Å². The first-order valence-corrected chi connectivity index (χ1v) is 6.44. The summed E-state index contributed by atoms with van der Waals surface area (Å²) < 4.78 is 0. The Morgan fingerprint density at radius 2 is 1.79 bits per heavy atom. The van der Waals surface area contributed by atoms with Crippen LogP contribution < -0.4 is 56.5 Å². The molecule has 0 saturated carbocycles. The first kappa shape index (κ1) is 21.4. The van der Waals surface area contributed by atoms with Crippen molar-refractivity contribution < 1.29 is 66.4 Å². The molecule has 0 aliphatic rings. The van der Waals surface area contributed by atoms with Gasteiger partial charge in [0.15, 0.2) is 0 Å². The summed E-state index contributed by atoms with van der Waals surface area (Å²) in [4.78, 5) is 13.9. The van der Waals surface area contributed by atoms with E-state index < -0.39 is 11.9 Å². The maximum absolute atomic E-state index is 11.0. The second-order valence-electron chi connectivity index (χ2n) is 4.00. The molecule has 0 aliphatic heterocycles. The largest absolute Gasteiger partial charge is 1.00 e. The zero-order valence-electron chi connectivity index (χ0n) is 12.0. The van der Waals surface area contributed by atoms with Gasteiger partial charge in [-0.05, 0) is 37.7 Å². The van der Waals surface area contributed by atoms with Crippen molar-refractivity contribution in [3.8, 4) is 0 Å². The van der Waals surface area contributed by atoms with Crippen LogP contribution in [0.25, 0.3) is 0 Å². The van der Waals surface area contributed by atoms with Crippen LogP contribution in [0.4, 0.5) is 0 Å². The molecule has 19 heavy (non-hydrogen) atoms. The van der Waals surface area contributed by atoms with Gasteiger partial charge in [-0.2, -0.15) is 0 Å². The summed E-state index contributed by atoms with van der Waals surface area (Å²) in [5, 5.41) is 19.3. The predicted molar refractivity (Wildman–Crippen MR) is 71.6 cm³/mol. The average molecular weight is 291 g/mol. The molecule has 0 aromatic heterocycles. The van der Waals surface area contributed by atoms with E-state index in [1.807, 2.05) is 0 Å². The molecule has 0 heterocycles. The smallest absolute Gasteiger partial charge is 0.859 e. The molecule has 0 radical (unpaired) electrons. The van der Waals surface area contributed by atoms with Gasteiger partial charge in [-0.15, -0.1) is 0 Å². The third kappa shape index (κ3) is 18.1. The molecule has 0 fully saturated rings. The molecule has 0 aromatic carbocycles. The summed E-state index contributed by atoms with van der Waals surface area (Å²) in [6.07, 6.45) is 12.6. The Morgan fingerprint density at radius 3 is 2.37 bits per heavy atom. The number of aliphatic imine (C=N–C) groups is 1. The fraction of sp³-hybridized carbons (Fsp3) is 0.571. The van der Waals surface area contributed by atoms with E-state index in [9.17, 15) is 9.90 Å². The molecule has 0 aromatic rings. The summed E-state index contributed by atoms with van der Waals surface area (Å²) in [6.45, 7) is 2.63. The van der Waals surface area contributed by atoms with Gasteiger partial charge in [0.05, 0.1) is 0 Å². The number of hydrogen-bond donors (Lipinski definition) is 1. The standard InChI is InChI=1S/C14H23NO3.K/c1-2-3-4-5-6-7-8-9-12-15-13(16)10-11-14(17)18;/h6-7,10-11H,2-5,8-9,12H2,1H3,(H,15,16)(H,17,18);/q;+1/p-1/b7-6+,11-10+;. The maximum Gasteiger partial charge on any atom is 1.00 e. The average Bonchev–Trinajstić information content (AvgIpc) is 2.34. The molecule has 0 unspecified atom stereocenters. The van der Waals surface area contributed by atoms with Crippen molar-refractivity contribution in [2.45, 2.75) is 45.4 Å². The molecule has 0 saturated heterocycles. The fourth-order valence-electron chi connectivity index (χ4n) is 1.34. The van der Waals surface area contributed by atoms with E-state index in [-0.39, 0.29) is 51.4 Å². The van der Waals surface area contributed by atoms with Crippen LogP contribution in [-0.4, -0.2) is 23.5 Å². The van der Waals surface area contributed by atoms with E-state index in [0.717, 1.165) is 31.4 Å². The fourth-order valence-corrected chi connectivity index (χ4v) is 1.34. The number of rotatable bonds is 10. The van der Waals surface area contributed by atoms with Crippen molar-refractivity contribution in [2.24, 2.45) is 4.99 Å². The Bertz CT molecular complexity index is 312. The molecular formula is C14H22KNO3. The zero-order valence-corrected chi connectivity index (χ0v) is 15.1. The van der Waals surface area contributed by atoms with Gasteiger partial charge >= 0.3 is 57.4 Å². The summed E-state index contributed by atoms with van der Waals surface area (Å²) in [7, 11) is 0. The van der Waals surface area contributed by atoms with Crippen molar-refractivity contribution in [3.05, 3.63) is 24.3 Å². The van der Waals surface area contributed by atoms with E-state index >= 15 is 0 Å². The Kier molecular flexibility index (Phi) is 18.1. The van der Waals surface area contributed by atoms with Crippen molar-refractivity contribution in [1.29, 1.82) is 0 Å². The van der Waals surface area contributed by atoms with Gasteiger partial charge in [0.2, 0.25) is 0 Å². The van der Waals surface area contributed by atoms with Crippen LogP contribution >= 0.6 is 0 Å². The zero-order chi connectivity index (χ0) is 13.6. The van der Waals surface area contributed by atoms with Gasteiger partial charge in [0.1, 0.15) is 0 Å². The predicted octanol–water partition coefficient (Wildman–Crippen LogP) is -0.693. The van der Waals surface area contributed by atoms with Gasteiger partial charge in [-0.25, -0.2) is 4.79 Å². The number of carboxylic acid groups (broad SMARTS) is 1. The van der Waals surface area contributed by atoms with Crippen molar-refractivity contribution in [1.82, 2.24) is 0 Å². The Labute approximate surface area is 158 Å². The van der Waals surface area contributed by atoms with E-state index in [1.54, 1.807) is 0 Å². The monoisotopic (exact) mass is 291 g/mol. The summed E-state index contributed by atoms with van der Waals surface area (Å²) >= 11 is 0. The third-order valence-electron chi connectivity index (χ3n) is 2.31. The molecule has 0 atom stereocenters. The molecule has 0 rings (SSSR count). The first-order chi connectivity index (χ1) is 8.66. The molecule has 5 heteroatoms. The number of hydrogen-bond acceptors (Lipinski definition) is 3. The Hall–Kier alpha value is 0.0564. The summed E-state index contributed by atoms with van der Waals surface area (Å²) in [5.41, 5.74) is 0. The number of unbranched alkanes of at least 4 members (excludes halogenated alkanes) is 4. The molecule has 1 N–H and O–H groups in total. The molecule has 0 spiro atoms. The minimum absolute atomic E-state index is 0. The molecular weight excluding hydrogens is 269 g/mol.